The van der Waals surface area contributed by atoms with Gasteiger partial charge in [-0.1, -0.05) is 6.07 Å². The number of halogens is 2. The summed E-state index contributed by atoms with van der Waals surface area (Å²) in [6.45, 7) is 1.97. The second-order valence-corrected chi connectivity index (χ2v) is 9.23. The smallest absolute Gasteiger partial charge is 0.323 e. The first-order valence-electron chi connectivity index (χ1n) is 11.4. The van der Waals surface area contributed by atoms with E-state index in [2.05, 4.69) is 20.9 Å². The van der Waals surface area contributed by atoms with Crippen molar-refractivity contribution >= 4 is 44.9 Å². The first-order chi connectivity index (χ1) is 18.2. The molecule has 0 saturated carbocycles. The molecule has 0 spiro atoms. The van der Waals surface area contributed by atoms with E-state index < -0.39 is 24.0 Å². The number of nitrogens with zero attached hydrogens (tertiary/aromatic N) is 1. The molecule has 0 aliphatic carbocycles. The van der Waals surface area contributed by atoms with E-state index in [0.717, 1.165) is 23.0 Å². The number of thiophene rings is 1. The molecule has 4 N–H and O–H groups in total. The van der Waals surface area contributed by atoms with Crippen LogP contribution in [0.25, 0.3) is 10.2 Å². The lowest BCUT2D eigenvalue weighted by Crippen LogP contribution is -2.26. The Labute approximate surface area is 220 Å². The number of aliphatic hydroxyl groups is 1. The first-order valence-corrected chi connectivity index (χ1v) is 12.2. The number of ether oxygens (including phenoxy) is 2. The molecule has 3 amide bonds. The number of rotatable bonds is 9. The highest BCUT2D eigenvalue weighted by molar-refractivity contribution is 7.21. The first kappa shape index (κ1) is 26.9. The average molecular weight is 543 g/mol. The minimum atomic E-state index is -0.966. The molecule has 4 aromatic rings. The zero-order chi connectivity index (χ0) is 27.2. The molecule has 12 heteroatoms. The van der Waals surface area contributed by atoms with Gasteiger partial charge in [0, 0.05) is 38.4 Å². The summed E-state index contributed by atoms with van der Waals surface area (Å²) in [5, 5.41) is 16.8. The van der Waals surface area contributed by atoms with Gasteiger partial charge in [-0.2, -0.15) is 0 Å². The molecule has 0 aliphatic heterocycles. The van der Waals surface area contributed by atoms with Gasteiger partial charge in [-0.25, -0.2) is 13.6 Å². The molecule has 1 unspecified atom stereocenters. The number of urea groups is 1. The van der Waals surface area contributed by atoms with Crippen LogP contribution in [0, 0.1) is 18.6 Å². The van der Waals surface area contributed by atoms with E-state index in [4.69, 9.17) is 9.47 Å². The Morgan fingerprint density at radius 2 is 1.84 bits per heavy atom. The molecule has 4 rings (SSSR count). The van der Waals surface area contributed by atoms with E-state index in [9.17, 15) is 23.5 Å². The van der Waals surface area contributed by atoms with Crippen LogP contribution < -0.4 is 20.7 Å². The second-order valence-electron chi connectivity index (χ2n) is 8.18. The molecular formula is C26H24F2N4O5S. The number of nitrogens with one attached hydrogen (secondary N) is 3. The van der Waals surface area contributed by atoms with E-state index in [-0.39, 0.29) is 36.0 Å². The lowest BCUT2D eigenvalue weighted by molar-refractivity contribution is -0.0770. The maximum Gasteiger partial charge on any atom is 0.323 e. The monoisotopic (exact) mass is 542 g/mol. The Hall–Kier alpha value is -4.13. The number of fused-ring (bicyclic) bond motifs is 1. The van der Waals surface area contributed by atoms with Crippen molar-refractivity contribution in [2.45, 2.75) is 19.6 Å². The summed E-state index contributed by atoms with van der Waals surface area (Å²) in [4.78, 5) is 29.4. The highest BCUT2D eigenvalue weighted by Gasteiger charge is 2.16. The SMILES string of the molecule is COC(O)CCNC(=O)c1cc2nccc(Oc3ccc(NC(=O)Nc4cc(C)ccc4F)c(F)c3)c2s1. The molecule has 198 valence electrons. The Morgan fingerprint density at radius 3 is 2.61 bits per heavy atom. The normalized spacial score (nSPS) is 11.7. The summed E-state index contributed by atoms with van der Waals surface area (Å²) in [7, 11) is 1.37. The molecule has 9 nitrogen and oxygen atoms in total. The van der Waals surface area contributed by atoms with Crippen molar-refractivity contribution < 1.29 is 33.0 Å². The Kier molecular flexibility index (Phi) is 8.46. The fraction of sp³-hybridized carbons (Fsp3) is 0.192. The molecule has 0 radical (unpaired) electrons. The van der Waals surface area contributed by atoms with E-state index in [1.165, 1.54) is 37.6 Å². The minimum absolute atomic E-state index is 0.0267. The number of anilines is 2. The topological polar surface area (TPSA) is 122 Å². The third-order valence-corrected chi connectivity index (χ3v) is 6.47. The molecule has 1 atom stereocenters. The van der Waals surface area contributed by atoms with Gasteiger partial charge in [0.15, 0.2) is 6.29 Å². The number of aryl methyl sites for hydroxylation is 1. The molecule has 2 aromatic carbocycles. The van der Waals surface area contributed by atoms with Gasteiger partial charge in [-0.3, -0.25) is 9.78 Å². The lowest BCUT2D eigenvalue weighted by atomic mass is 10.2. The highest BCUT2D eigenvalue weighted by atomic mass is 32.1. The quantitative estimate of drug-likeness (QED) is 0.210. The zero-order valence-electron chi connectivity index (χ0n) is 20.4. The maximum absolute atomic E-state index is 14.7. The number of carbonyl (C=O) groups is 2. The average Bonchev–Trinajstić information content (AvgIpc) is 3.33. The van der Waals surface area contributed by atoms with E-state index in [0.29, 0.717) is 20.8 Å². The molecule has 2 heterocycles. The molecule has 0 fully saturated rings. The molecular weight excluding hydrogens is 518 g/mol. The van der Waals surface area contributed by atoms with Gasteiger partial charge >= 0.3 is 6.03 Å². The summed E-state index contributed by atoms with van der Waals surface area (Å²) in [5.74, 6) is -1.21. The molecule has 38 heavy (non-hydrogen) atoms. The fourth-order valence-electron chi connectivity index (χ4n) is 3.42. The van der Waals surface area contributed by atoms with Gasteiger partial charge < -0.3 is 30.5 Å². The third-order valence-electron chi connectivity index (χ3n) is 5.34. The summed E-state index contributed by atoms with van der Waals surface area (Å²) < 4.78 is 39.8. The predicted octanol–water partition coefficient (Wildman–Crippen LogP) is 5.40. The van der Waals surface area contributed by atoms with Gasteiger partial charge in [-0.15, -0.1) is 11.3 Å². The minimum Gasteiger partial charge on any atom is -0.456 e. The standard InChI is InChI=1S/C26H24F2N4O5S/c1-14-3-5-16(27)19(11-14)32-26(35)31-18-6-4-15(12-17(18)28)37-21-7-9-29-20-13-22(38-24(20)21)25(34)30-10-8-23(33)36-2/h3-7,9,11-13,23,33H,8,10H2,1-2H3,(H,30,34)(H2,31,32,35). The summed E-state index contributed by atoms with van der Waals surface area (Å²) >= 11 is 1.15. The molecule has 0 aliphatic rings. The number of amides is 3. The van der Waals surface area contributed by atoms with Crippen LogP contribution in [0.1, 0.15) is 21.7 Å². The summed E-state index contributed by atoms with van der Waals surface area (Å²) in [5.41, 5.74) is 1.12. The molecule has 0 saturated heterocycles. The number of aromatic nitrogens is 1. The third kappa shape index (κ3) is 6.59. The largest absolute Gasteiger partial charge is 0.456 e. The molecule has 0 bridgehead atoms. The van der Waals surface area contributed by atoms with Crippen molar-refractivity contribution in [3.05, 3.63) is 76.8 Å². The Balaban J connectivity index is 1.43. The van der Waals surface area contributed by atoms with Crippen molar-refractivity contribution in [2.24, 2.45) is 0 Å². The van der Waals surface area contributed by atoms with E-state index in [1.807, 2.05) is 0 Å². The summed E-state index contributed by atoms with van der Waals surface area (Å²) in [6.07, 6.45) is 0.773. The number of methoxy groups -OCH3 is 1. The van der Waals surface area contributed by atoms with Crippen LogP contribution in [-0.4, -0.2) is 42.0 Å². The Bertz CT molecular complexity index is 1480. The number of benzene rings is 2. The number of hydrogen-bond donors (Lipinski definition) is 4. The van der Waals surface area contributed by atoms with Crippen LogP contribution in [0.2, 0.25) is 0 Å². The van der Waals surface area contributed by atoms with E-state index in [1.54, 1.807) is 25.1 Å². The van der Waals surface area contributed by atoms with Crippen LogP contribution in [0.5, 0.6) is 11.5 Å². The van der Waals surface area contributed by atoms with Gasteiger partial charge in [0.05, 0.1) is 26.5 Å². The summed E-state index contributed by atoms with van der Waals surface area (Å²) in [6, 6.07) is 10.5. The number of aliphatic hydroxyl groups excluding tert-OH is 1. The second kappa shape index (κ2) is 11.9. The Morgan fingerprint density at radius 1 is 1.05 bits per heavy atom. The van der Waals surface area contributed by atoms with Crippen LogP contribution >= 0.6 is 11.3 Å². The van der Waals surface area contributed by atoms with Crippen molar-refractivity contribution in [3.63, 3.8) is 0 Å². The predicted molar refractivity (Wildman–Crippen MR) is 140 cm³/mol. The van der Waals surface area contributed by atoms with Crippen LogP contribution in [0.3, 0.4) is 0 Å². The van der Waals surface area contributed by atoms with Crippen molar-refractivity contribution in [3.8, 4) is 11.5 Å². The van der Waals surface area contributed by atoms with Crippen LogP contribution in [0.4, 0.5) is 25.0 Å². The zero-order valence-corrected chi connectivity index (χ0v) is 21.2. The van der Waals surface area contributed by atoms with Crippen molar-refractivity contribution in [1.82, 2.24) is 10.3 Å². The maximum atomic E-state index is 14.7. The molecule has 2 aromatic heterocycles. The number of carbonyl (C=O) groups excluding carboxylic acids is 2. The van der Waals surface area contributed by atoms with Gasteiger partial charge in [-0.05, 0) is 42.8 Å². The van der Waals surface area contributed by atoms with Crippen molar-refractivity contribution in [2.75, 3.05) is 24.3 Å². The number of pyridine rings is 1. The van der Waals surface area contributed by atoms with Crippen molar-refractivity contribution in [1.29, 1.82) is 0 Å². The number of hydrogen-bond acceptors (Lipinski definition) is 7. The fourth-order valence-corrected chi connectivity index (χ4v) is 4.40. The van der Waals surface area contributed by atoms with Gasteiger partial charge in [0.2, 0.25) is 0 Å². The van der Waals surface area contributed by atoms with Gasteiger partial charge in [0.25, 0.3) is 5.91 Å². The van der Waals surface area contributed by atoms with Crippen LogP contribution in [-0.2, 0) is 4.74 Å². The highest BCUT2D eigenvalue weighted by Crippen LogP contribution is 2.35. The van der Waals surface area contributed by atoms with Crippen LogP contribution in [0.15, 0.2) is 54.7 Å². The van der Waals surface area contributed by atoms with E-state index >= 15 is 0 Å². The van der Waals surface area contributed by atoms with Gasteiger partial charge in [0.1, 0.15) is 23.1 Å². The lowest BCUT2D eigenvalue weighted by Gasteiger charge is -2.11.